The number of nitrogens with zero attached hydrogens (tertiary/aromatic N) is 1. The monoisotopic (exact) mass is 255 g/mol. The molecule has 0 bridgehead atoms. The van der Waals surface area contributed by atoms with Gasteiger partial charge < -0.3 is 4.74 Å². The molecule has 0 radical (unpaired) electrons. The molecule has 0 aliphatic heterocycles. The first-order valence-corrected chi connectivity index (χ1v) is 7.04. The van der Waals surface area contributed by atoms with Crippen LogP contribution < -0.4 is 0 Å². The summed E-state index contributed by atoms with van der Waals surface area (Å²) in [6.45, 7) is 6.92. The van der Waals surface area contributed by atoms with Crippen LogP contribution in [0.1, 0.15) is 13.3 Å². The summed E-state index contributed by atoms with van der Waals surface area (Å²) in [5.74, 6) is 3.28. The quantitative estimate of drug-likeness (QED) is 0.357. The van der Waals surface area contributed by atoms with Crippen molar-refractivity contribution < 1.29 is 9.53 Å². The maximum atomic E-state index is 11.9. The molecule has 0 amide bonds. The van der Waals surface area contributed by atoms with Crippen LogP contribution in [0.15, 0.2) is 12.7 Å². The maximum Gasteiger partial charge on any atom is 0.323 e. The number of ether oxygens (including phenoxy) is 1. The maximum absolute atomic E-state index is 11.9. The fraction of sp³-hybridized carbons (Fsp3) is 0.615. The molecular formula is C13H21NO2S. The molecule has 0 saturated carbocycles. The molecule has 3 nitrogen and oxygen atoms in total. The highest BCUT2D eigenvalue weighted by atomic mass is 32.2. The second-order valence-corrected chi connectivity index (χ2v) is 4.46. The number of esters is 1. The van der Waals surface area contributed by atoms with E-state index < -0.39 is 0 Å². The summed E-state index contributed by atoms with van der Waals surface area (Å²) in [6.07, 6.45) is 9.83. The summed E-state index contributed by atoms with van der Waals surface area (Å²) >= 11 is 1.71. The van der Waals surface area contributed by atoms with Crippen molar-refractivity contribution in [3.63, 3.8) is 0 Å². The number of hydrogen-bond acceptors (Lipinski definition) is 4. The predicted molar refractivity (Wildman–Crippen MR) is 74.0 cm³/mol. The van der Waals surface area contributed by atoms with E-state index in [2.05, 4.69) is 12.5 Å². The van der Waals surface area contributed by atoms with Gasteiger partial charge in [0, 0.05) is 6.54 Å². The molecule has 0 aliphatic rings. The Hall–Kier alpha value is -0.920. The van der Waals surface area contributed by atoms with Gasteiger partial charge in [-0.1, -0.05) is 12.0 Å². The van der Waals surface area contributed by atoms with Gasteiger partial charge in [-0.25, -0.2) is 0 Å². The van der Waals surface area contributed by atoms with Gasteiger partial charge in [-0.2, -0.15) is 11.8 Å². The third-order valence-electron chi connectivity index (χ3n) is 2.25. The largest absolute Gasteiger partial charge is 0.465 e. The lowest BCUT2D eigenvalue weighted by Crippen LogP contribution is -2.43. The minimum absolute atomic E-state index is 0.196. The Morgan fingerprint density at radius 1 is 1.71 bits per heavy atom. The smallest absolute Gasteiger partial charge is 0.323 e. The lowest BCUT2D eigenvalue weighted by atomic mass is 10.2. The van der Waals surface area contributed by atoms with E-state index in [0.717, 1.165) is 12.2 Å². The van der Waals surface area contributed by atoms with Crippen LogP contribution in [-0.2, 0) is 9.53 Å². The van der Waals surface area contributed by atoms with Crippen molar-refractivity contribution in [1.82, 2.24) is 4.90 Å². The third kappa shape index (κ3) is 6.40. The first-order valence-electron chi connectivity index (χ1n) is 5.65. The number of carbonyl (C=O) groups is 1. The third-order valence-corrected chi connectivity index (χ3v) is 2.90. The molecular weight excluding hydrogens is 234 g/mol. The van der Waals surface area contributed by atoms with E-state index in [-0.39, 0.29) is 12.0 Å². The molecule has 4 heteroatoms. The summed E-state index contributed by atoms with van der Waals surface area (Å²) in [5, 5.41) is 0. The van der Waals surface area contributed by atoms with Gasteiger partial charge in [-0.05, 0) is 25.4 Å². The lowest BCUT2D eigenvalue weighted by molar-refractivity contribution is -0.149. The number of thioether (sulfide) groups is 1. The zero-order chi connectivity index (χ0) is 13.1. The summed E-state index contributed by atoms with van der Waals surface area (Å²) in [7, 11) is 0. The Kier molecular flexibility index (Phi) is 9.69. The van der Waals surface area contributed by atoms with Crippen LogP contribution >= 0.6 is 11.8 Å². The summed E-state index contributed by atoms with van der Waals surface area (Å²) in [6, 6.07) is -0.267. The average Bonchev–Trinajstić information content (AvgIpc) is 2.30. The van der Waals surface area contributed by atoms with Crippen LogP contribution in [0.3, 0.4) is 0 Å². The highest BCUT2D eigenvalue weighted by molar-refractivity contribution is 7.98. The van der Waals surface area contributed by atoms with Crippen molar-refractivity contribution >= 4 is 17.7 Å². The van der Waals surface area contributed by atoms with E-state index in [9.17, 15) is 4.79 Å². The molecule has 96 valence electrons. The minimum Gasteiger partial charge on any atom is -0.465 e. The highest BCUT2D eigenvalue weighted by Crippen LogP contribution is 2.10. The zero-order valence-corrected chi connectivity index (χ0v) is 11.5. The molecule has 0 saturated heterocycles. The molecule has 0 rings (SSSR count). The van der Waals surface area contributed by atoms with E-state index in [4.69, 9.17) is 11.2 Å². The minimum atomic E-state index is -0.267. The van der Waals surface area contributed by atoms with Crippen LogP contribution in [0.4, 0.5) is 0 Å². The molecule has 1 atom stereocenters. The SMILES string of the molecule is C#CCN(CC=C)[C@@H](CCSC)C(=O)OCC. The van der Waals surface area contributed by atoms with Crippen LogP contribution in [-0.4, -0.2) is 48.6 Å². The van der Waals surface area contributed by atoms with E-state index >= 15 is 0 Å². The van der Waals surface area contributed by atoms with E-state index in [0.29, 0.717) is 19.7 Å². The standard InChI is InChI=1S/C13H21NO2S/c1-5-9-14(10-6-2)12(8-11-17-4)13(15)16-7-3/h1,6,12H,2,7-11H2,3-4H3/t12-/m0/s1. The van der Waals surface area contributed by atoms with Gasteiger partial charge in [0.15, 0.2) is 0 Å². The Labute approximate surface area is 109 Å². The van der Waals surface area contributed by atoms with Crippen molar-refractivity contribution in [2.75, 3.05) is 31.7 Å². The zero-order valence-electron chi connectivity index (χ0n) is 10.6. The molecule has 0 N–H and O–H groups in total. The van der Waals surface area contributed by atoms with Gasteiger partial charge in [0.1, 0.15) is 6.04 Å². The van der Waals surface area contributed by atoms with Gasteiger partial charge in [-0.15, -0.1) is 13.0 Å². The fourth-order valence-electron chi connectivity index (χ4n) is 1.50. The Balaban J connectivity index is 4.64. The number of rotatable bonds is 9. The van der Waals surface area contributed by atoms with Crippen molar-refractivity contribution in [2.24, 2.45) is 0 Å². The summed E-state index contributed by atoms with van der Waals surface area (Å²) in [4.78, 5) is 13.8. The van der Waals surface area contributed by atoms with Gasteiger partial charge >= 0.3 is 5.97 Å². The molecule has 17 heavy (non-hydrogen) atoms. The second kappa shape index (κ2) is 10.2. The average molecular weight is 255 g/mol. The first-order chi connectivity index (χ1) is 8.21. The van der Waals surface area contributed by atoms with Crippen molar-refractivity contribution in [3.05, 3.63) is 12.7 Å². The van der Waals surface area contributed by atoms with Crippen molar-refractivity contribution in [3.8, 4) is 12.3 Å². The van der Waals surface area contributed by atoms with E-state index in [1.54, 1.807) is 17.8 Å². The van der Waals surface area contributed by atoms with Crippen LogP contribution in [0.25, 0.3) is 0 Å². The molecule has 0 spiro atoms. The fourth-order valence-corrected chi connectivity index (χ4v) is 1.96. The van der Waals surface area contributed by atoms with Crippen LogP contribution in [0, 0.1) is 12.3 Å². The van der Waals surface area contributed by atoms with Gasteiger partial charge in [-0.3, -0.25) is 9.69 Å². The molecule has 0 aromatic rings. The number of terminal acetylenes is 1. The molecule has 0 aliphatic carbocycles. The van der Waals surface area contributed by atoms with Crippen LogP contribution in [0.2, 0.25) is 0 Å². The van der Waals surface area contributed by atoms with Gasteiger partial charge in [0.25, 0.3) is 0 Å². The second-order valence-electron chi connectivity index (χ2n) is 3.47. The number of carbonyl (C=O) groups excluding carboxylic acids is 1. The molecule has 0 aromatic carbocycles. The summed E-state index contributed by atoms with van der Waals surface area (Å²) in [5.41, 5.74) is 0. The van der Waals surface area contributed by atoms with Crippen molar-refractivity contribution in [2.45, 2.75) is 19.4 Å². The molecule has 0 unspecified atom stereocenters. The topological polar surface area (TPSA) is 29.5 Å². The Morgan fingerprint density at radius 2 is 2.41 bits per heavy atom. The number of hydrogen-bond donors (Lipinski definition) is 0. The highest BCUT2D eigenvalue weighted by Gasteiger charge is 2.25. The molecule has 0 fully saturated rings. The Morgan fingerprint density at radius 3 is 2.88 bits per heavy atom. The van der Waals surface area contributed by atoms with Gasteiger partial charge in [0.05, 0.1) is 13.2 Å². The Bertz CT molecular complexity index is 273. The first kappa shape index (κ1) is 16.1. The molecule has 0 aromatic heterocycles. The normalized spacial score (nSPS) is 11.9. The lowest BCUT2D eigenvalue weighted by Gasteiger charge is -2.27. The van der Waals surface area contributed by atoms with E-state index in [1.165, 1.54) is 0 Å². The van der Waals surface area contributed by atoms with Crippen molar-refractivity contribution in [1.29, 1.82) is 0 Å². The molecule has 0 heterocycles. The van der Waals surface area contributed by atoms with Crippen LogP contribution in [0.5, 0.6) is 0 Å². The summed E-state index contributed by atoms with van der Waals surface area (Å²) < 4.78 is 5.08. The predicted octanol–water partition coefficient (Wildman–Crippen LogP) is 1.79. The van der Waals surface area contributed by atoms with E-state index in [1.807, 2.05) is 18.1 Å². The van der Waals surface area contributed by atoms with Gasteiger partial charge in [0.2, 0.25) is 0 Å².